The second-order valence-electron chi connectivity index (χ2n) is 3.83. The SMILES string of the molecule is N#Cc1ccccc1COc1cccc(Cl)c1C=O. The van der Waals surface area contributed by atoms with Crippen LogP contribution in [0, 0.1) is 11.3 Å². The first-order valence-electron chi connectivity index (χ1n) is 5.60. The number of ether oxygens (including phenoxy) is 1. The molecule has 19 heavy (non-hydrogen) atoms. The Hall–Kier alpha value is -2.31. The smallest absolute Gasteiger partial charge is 0.155 e. The molecule has 0 aliphatic carbocycles. The lowest BCUT2D eigenvalue weighted by atomic mass is 10.1. The molecule has 0 fully saturated rings. The van der Waals surface area contributed by atoms with Gasteiger partial charge in [0.15, 0.2) is 6.29 Å². The van der Waals surface area contributed by atoms with Crippen molar-refractivity contribution in [2.75, 3.05) is 0 Å². The first-order chi connectivity index (χ1) is 9.26. The zero-order valence-corrected chi connectivity index (χ0v) is 10.7. The molecule has 0 bridgehead atoms. The molecular formula is C15H10ClNO2. The van der Waals surface area contributed by atoms with E-state index in [0.717, 1.165) is 5.56 Å². The minimum Gasteiger partial charge on any atom is -0.488 e. The van der Waals surface area contributed by atoms with E-state index < -0.39 is 0 Å². The Morgan fingerprint density at radius 3 is 2.74 bits per heavy atom. The van der Waals surface area contributed by atoms with Gasteiger partial charge in [0.25, 0.3) is 0 Å². The van der Waals surface area contributed by atoms with Crippen molar-refractivity contribution >= 4 is 17.9 Å². The Kier molecular flexibility index (Phi) is 4.17. The van der Waals surface area contributed by atoms with Crippen molar-refractivity contribution in [2.45, 2.75) is 6.61 Å². The number of hydrogen-bond donors (Lipinski definition) is 0. The van der Waals surface area contributed by atoms with Crippen LogP contribution in [0.5, 0.6) is 5.75 Å². The van der Waals surface area contributed by atoms with Crippen molar-refractivity contribution in [1.82, 2.24) is 0 Å². The summed E-state index contributed by atoms with van der Waals surface area (Å²) in [5.41, 5.74) is 1.64. The molecule has 2 aromatic carbocycles. The molecule has 2 rings (SSSR count). The van der Waals surface area contributed by atoms with Gasteiger partial charge in [0, 0.05) is 5.56 Å². The quantitative estimate of drug-likeness (QED) is 0.798. The van der Waals surface area contributed by atoms with E-state index in [9.17, 15) is 4.79 Å². The van der Waals surface area contributed by atoms with Crippen LogP contribution in [0.4, 0.5) is 0 Å². The summed E-state index contributed by atoms with van der Waals surface area (Å²) in [5, 5.41) is 9.33. The second kappa shape index (κ2) is 6.03. The summed E-state index contributed by atoms with van der Waals surface area (Å²) < 4.78 is 5.57. The predicted molar refractivity (Wildman–Crippen MR) is 72.3 cm³/mol. The number of hydrogen-bond acceptors (Lipinski definition) is 3. The van der Waals surface area contributed by atoms with Gasteiger partial charge in [0.1, 0.15) is 12.4 Å². The van der Waals surface area contributed by atoms with Crippen molar-refractivity contribution in [2.24, 2.45) is 0 Å². The lowest BCUT2D eigenvalue weighted by Gasteiger charge is -2.10. The molecule has 0 radical (unpaired) electrons. The molecule has 0 saturated carbocycles. The highest BCUT2D eigenvalue weighted by Crippen LogP contribution is 2.25. The molecular weight excluding hydrogens is 262 g/mol. The average Bonchev–Trinajstić information content (AvgIpc) is 2.45. The number of carbonyl (C=O) groups is 1. The van der Waals surface area contributed by atoms with Crippen LogP contribution >= 0.6 is 11.6 Å². The molecule has 0 atom stereocenters. The Morgan fingerprint density at radius 2 is 2.00 bits per heavy atom. The summed E-state index contributed by atoms with van der Waals surface area (Å²) in [5.74, 6) is 0.412. The Bertz CT molecular complexity index is 647. The van der Waals surface area contributed by atoms with Gasteiger partial charge in [-0.2, -0.15) is 5.26 Å². The fourth-order valence-corrected chi connectivity index (χ4v) is 1.88. The van der Waals surface area contributed by atoms with Gasteiger partial charge >= 0.3 is 0 Å². The number of halogens is 1. The number of nitriles is 1. The number of benzene rings is 2. The monoisotopic (exact) mass is 271 g/mol. The van der Waals surface area contributed by atoms with Gasteiger partial charge < -0.3 is 4.74 Å². The minimum atomic E-state index is 0.213. The largest absolute Gasteiger partial charge is 0.488 e. The van der Waals surface area contributed by atoms with Crippen molar-refractivity contribution in [3.05, 3.63) is 64.2 Å². The van der Waals surface area contributed by atoms with Gasteiger partial charge in [-0.25, -0.2) is 0 Å². The highest BCUT2D eigenvalue weighted by Gasteiger charge is 2.08. The van der Waals surface area contributed by atoms with Gasteiger partial charge in [-0.15, -0.1) is 0 Å². The third-order valence-corrected chi connectivity index (χ3v) is 2.98. The maximum Gasteiger partial charge on any atom is 0.155 e. The topological polar surface area (TPSA) is 50.1 Å². The van der Waals surface area contributed by atoms with Crippen LogP contribution in [0.25, 0.3) is 0 Å². The van der Waals surface area contributed by atoms with Crippen LogP contribution in [0.2, 0.25) is 5.02 Å². The molecule has 0 spiro atoms. The van der Waals surface area contributed by atoms with E-state index in [1.165, 1.54) is 0 Å². The summed E-state index contributed by atoms with van der Waals surface area (Å²) in [6, 6.07) is 14.3. The maximum absolute atomic E-state index is 11.0. The molecule has 0 unspecified atom stereocenters. The number of carbonyl (C=O) groups excluding carboxylic acids is 1. The first-order valence-corrected chi connectivity index (χ1v) is 5.98. The average molecular weight is 272 g/mol. The second-order valence-corrected chi connectivity index (χ2v) is 4.23. The summed E-state index contributed by atoms with van der Waals surface area (Å²) in [4.78, 5) is 11.0. The molecule has 0 aromatic heterocycles. The summed E-state index contributed by atoms with van der Waals surface area (Å²) in [6.07, 6.45) is 0.661. The van der Waals surface area contributed by atoms with Crippen LogP contribution in [0.15, 0.2) is 42.5 Å². The molecule has 2 aromatic rings. The fraction of sp³-hybridized carbons (Fsp3) is 0.0667. The zero-order chi connectivity index (χ0) is 13.7. The normalized spacial score (nSPS) is 9.68. The molecule has 0 aliphatic rings. The lowest BCUT2D eigenvalue weighted by molar-refractivity contribution is 0.111. The molecule has 0 amide bonds. The lowest BCUT2D eigenvalue weighted by Crippen LogP contribution is -2.00. The first kappa shape index (κ1) is 13.1. The molecule has 0 saturated heterocycles. The van der Waals surface area contributed by atoms with Gasteiger partial charge in [-0.3, -0.25) is 4.79 Å². The summed E-state index contributed by atoms with van der Waals surface area (Å²) >= 11 is 5.91. The van der Waals surface area contributed by atoms with Crippen LogP contribution in [0.3, 0.4) is 0 Å². The highest BCUT2D eigenvalue weighted by atomic mass is 35.5. The van der Waals surface area contributed by atoms with E-state index in [1.807, 2.05) is 12.1 Å². The van der Waals surface area contributed by atoms with Crippen LogP contribution in [-0.4, -0.2) is 6.29 Å². The standard InChI is InChI=1S/C15H10ClNO2/c16-14-6-3-7-15(13(14)9-18)19-10-12-5-2-1-4-11(12)8-17/h1-7,9H,10H2. The van der Waals surface area contributed by atoms with E-state index >= 15 is 0 Å². The van der Waals surface area contributed by atoms with Crippen molar-refractivity contribution < 1.29 is 9.53 Å². The van der Waals surface area contributed by atoms with Crippen molar-refractivity contribution in [1.29, 1.82) is 5.26 Å². The van der Waals surface area contributed by atoms with E-state index in [1.54, 1.807) is 30.3 Å². The molecule has 0 N–H and O–H groups in total. The van der Waals surface area contributed by atoms with Crippen LogP contribution < -0.4 is 4.74 Å². The van der Waals surface area contributed by atoms with Crippen molar-refractivity contribution in [3.63, 3.8) is 0 Å². The highest BCUT2D eigenvalue weighted by molar-refractivity contribution is 6.33. The summed E-state index contributed by atoms with van der Waals surface area (Å²) in [7, 11) is 0. The van der Waals surface area contributed by atoms with Gasteiger partial charge in [0.05, 0.1) is 22.2 Å². The van der Waals surface area contributed by atoms with Crippen LogP contribution in [0.1, 0.15) is 21.5 Å². The van der Waals surface area contributed by atoms with Gasteiger partial charge in [0.2, 0.25) is 0 Å². The van der Waals surface area contributed by atoms with Gasteiger partial charge in [-0.1, -0.05) is 35.9 Å². The zero-order valence-electron chi connectivity index (χ0n) is 9.97. The third-order valence-electron chi connectivity index (χ3n) is 2.65. The van der Waals surface area contributed by atoms with Crippen molar-refractivity contribution in [3.8, 4) is 11.8 Å². The fourth-order valence-electron chi connectivity index (χ4n) is 1.67. The van der Waals surface area contributed by atoms with E-state index in [0.29, 0.717) is 28.2 Å². The molecule has 94 valence electrons. The third kappa shape index (κ3) is 2.93. The Labute approximate surface area is 116 Å². The van der Waals surface area contributed by atoms with Crippen LogP contribution in [-0.2, 0) is 6.61 Å². The number of aldehydes is 1. The van der Waals surface area contributed by atoms with Gasteiger partial charge in [-0.05, 0) is 18.2 Å². The maximum atomic E-state index is 11.0. The Morgan fingerprint density at radius 1 is 1.21 bits per heavy atom. The van der Waals surface area contributed by atoms with E-state index in [2.05, 4.69) is 6.07 Å². The minimum absolute atomic E-state index is 0.213. The molecule has 0 heterocycles. The molecule has 3 nitrogen and oxygen atoms in total. The predicted octanol–water partition coefficient (Wildman–Crippen LogP) is 3.60. The number of rotatable bonds is 4. The van der Waals surface area contributed by atoms with E-state index in [-0.39, 0.29) is 6.61 Å². The molecule has 0 aliphatic heterocycles. The molecule has 4 heteroatoms. The van der Waals surface area contributed by atoms with E-state index in [4.69, 9.17) is 21.6 Å². The Balaban J connectivity index is 2.22. The summed E-state index contributed by atoms with van der Waals surface area (Å²) in [6.45, 7) is 0.213. The number of nitrogens with zero attached hydrogens (tertiary/aromatic N) is 1.